The molecule has 0 spiro atoms. The molecule has 36 heavy (non-hydrogen) atoms. The zero-order valence-corrected chi connectivity index (χ0v) is 22.2. The summed E-state index contributed by atoms with van der Waals surface area (Å²) in [6, 6.07) is 27.0. The second-order valence-electron chi connectivity index (χ2n) is 9.71. The Hall–Kier alpha value is -2.82. The molecule has 0 N–H and O–H groups in total. The highest BCUT2D eigenvalue weighted by atomic mass is 32.2. The number of carbonyl (C=O) groups excluding carboxylic acids is 2. The summed E-state index contributed by atoms with van der Waals surface area (Å²) in [6.45, 7) is 3.30. The fourth-order valence-electron chi connectivity index (χ4n) is 6.25. The Morgan fingerprint density at radius 2 is 1.06 bits per heavy atom. The Kier molecular flexibility index (Phi) is 6.27. The molecule has 3 aliphatic rings. The molecule has 0 saturated carbocycles. The molecule has 2 unspecified atom stereocenters. The first-order chi connectivity index (χ1) is 17.5. The SMILES string of the molecule is CC(=O)SCCc1cccc2c1C1c3cc4ccccc4cc3C2c2c(CCSC(C)=O)cccc21. The summed E-state index contributed by atoms with van der Waals surface area (Å²) in [5.74, 6) is 2.00. The van der Waals surface area contributed by atoms with E-state index in [2.05, 4.69) is 72.8 Å². The number of hydrogen-bond donors (Lipinski definition) is 0. The second-order valence-corrected chi connectivity index (χ2v) is 12.3. The normalized spacial score (nSPS) is 16.9. The fourth-order valence-corrected chi connectivity index (χ4v) is 7.47. The summed E-state index contributed by atoms with van der Waals surface area (Å²) in [4.78, 5) is 23.2. The van der Waals surface area contributed by atoms with Crippen LogP contribution in [-0.4, -0.2) is 21.7 Å². The number of hydrogen-bond acceptors (Lipinski definition) is 4. The van der Waals surface area contributed by atoms with E-state index in [0.29, 0.717) is 0 Å². The summed E-state index contributed by atoms with van der Waals surface area (Å²) in [6.07, 6.45) is 1.79. The third-order valence-electron chi connectivity index (χ3n) is 7.59. The van der Waals surface area contributed by atoms with Crippen LogP contribution in [0, 0.1) is 0 Å². The molecule has 7 rings (SSSR count). The molecule has 0 aromatic heterocycles. The molecule has 2 atom stereocenters. The maximum Gasteiger partial charge on any atom is 0.185 e. The molecule has 0 radical (unpaired) electrons. The number of rotatable bonds is 6. The van der Waals surface area contributed by atoms with Crippen LogP contribution in [0.1, 0.15) is 70.2 Å². The highest BCUT2D eigenvalue weighted by Gasteiger charge is 2.43. The van der Waals surface area contributed by atoms with E-state index in [0.717, 1.165) is 24.3 Å². The van der Waals surface area contributed by atoms with Gasteiger partial charge in [-0.2, -0.15) is 0 Å². The minimum absolute atomic E-state index is 0.177. The Morgan fingerprint density at radius 1 is 0.611 bits per heavy atom. The minimum Gasteiger partial charge on any atom is -0.288 e. The maximum absolute atomic E-state index is 11.6. The van der Waals surface area contributed by atoms with Gasteiger partial charge in [0.05, 0.1) is 0 Å². The van der Waals surface area contributed by atoms with Crippen molar-refractivity contribution in [2.24, 2.45) is 0 Å². The third kappa shape index (κ3) is 4.01. The molecule has 2 nitrogen and oxygen atoms in total. The van der Waals surface area contributed by atoms with E-state index in [1.54, 1.807) is 13.8 Å². The topological polar surface area (TPSA) is 34.1 Å². The van der Waals surface area contributed by atoms with Crippen LogP contribution in [0.25, 0.3) is 10.8 Å². The first-order valence-electron chi connectivity index (χ1n) is 12.6. The average Bonchev–Trinajstić information content (AvgIpc) is 2.87. The van der Waals surface area contributed by atoms with Crippen molar-refractivity contribution in [3.05, 3.63) is 117 Å². The predicted molar refractivity (Wildman–Crippen MR) is 152 cm³/mol. The van der Waals surface area contributed by atoms with Crippen LogP contribution >= 0.6 is 23.5 Å². The quantitative estimate of drug-likeness (QED) is 0.234. The molecule has 3 aliphatic carbocycles. The van der Waals surface area contributed by atoms with Crippen molar-refractivity contribution < 1.29 is 9.59 Å². The number of fused-ring (bicyclic) bond motifs is 1. The van der Waals surface area contributed by atoms with Crippen LogP contribution in [-0.2, 0) is 22.4 Å². The van der Waals surface area contributed by atoms with Crippen molar-refractivity contribution in [1.82, 2.24) is 0 Å². The monoisotopic (exact) mass is 508 g/mol. The molecule has 180 valence electrons. The van der Waals surface area contributed by atoms with Crippen LogP contribution in [0.5, 0.6) is 0 Å². The van der Waals surface area contributed by atoms with Gasteiger partial charge in [0, 0.05) is 37.2 Å². The summed E-state index contributed by atoms with van der Waals surface area (Å²) in [5, 5.41) is 2.92. The van der Waals surface area contributed by atoms with E-state index in [1.165, 1.54) is 78.8 Å². The van der Waals surface area contributed by atoms with Gasteiger partial charge in [0.25, 0.3) is 0 Å². The lowest BCUT2D eigenvalue weighted by molar-refractivity contribution is -0.109. The van der Waals surface area contributed by atoms with Gasteiger partial charge in [-0.1, -0.05) is 84.2 Å². The molecule has 4 aromatic rings. The molecule has 0 heterocycles. The number of thioether (sulfide) groups is 2. The lowest BCUT2D eigenvalue weighted by atomic mass is 9.59. The molecule has 0 aliphatic heterocycles. The molecule has 2 bridgehead atoms. The van der Waals surface area contributed by atoms with Gasteiger partial charge < -0.3 is 0 Å². The zero-order valence-electron chi connectivity index (χ0n) is 20.5. The zero-order chi connectivity index (χ0) is 24.8. The molecule has 4 aromatic carbocycles. The first kappa shape index (κ1) is 23.6. The summed E-state index contributed by atoms with van der Waals surface area (Å²) in [5.41, 5.74) is 11.3. The second kappa shape index (κ2) is 9.57. The van der Waals surface area contributed by atoms with E-state index in [4.69, 9.17) is 0 Å². The Morgan fingerprint density at radius 3 is 1.47 bits per heavy atom. The summed E-state index contributed by atoms with van der Waals surface area (Å²) >= 11 is 2.83. The highest BCUT2D eigenvalue weighted by Crippen LogP contribution is 2.58. The molecule has 4 heteroatoms. The molecule has 0 amide bonds. The average molecular weight is 509 g/mol. The Labute approximate surface area is 220 Å². The van der Waals surface area contributed by atoms with Gasteiger partial charge in [-0.25, -0.2) is 0 Å². The van der Waals surface area contributed by atoms with Gasteiger partial charge in [0.2, 0.25) is 0 Å². The van der Waals surface area contributed by atoms with E-state index in [-0.39, 0.29) is 22.1 Å². The van der Waals surface area contributed by atoms with E-state index < -0.39 is 0 Å². The van der Waals surface area contributed by atoms with Crippen molar-refractivity contribution in [2.75, 3.05) is 11.5 Å². The molecular formula is C32H28O2S2. The van der Waals surface area contributed by atoms with Gasteiger partial charge in [-0.3, -0.25) is 9.59 Å². The van der Waals surface area contributed by atoms with Crippen LogP contribution < -0.4 is 0 Å². The Balaban J connectivity index is 1.53. The van der Waals surface area contributed by atoms with Crippen LogP contribution in [0.4, 0.5) is 0 Å². The smallest absolute Gasteiger partial charge is 0.185 e. The van der Waals surface area contributed by atoms with Crippen molar-refractivity contribution in [3.63, 3.8) is 0 Å². The van der Waals surface area contributed by atoms with E-state index in [1.807, 2.05) is 0 Å². The van der Waals surface area contributed by atoms with Crippen LogP contribution in [0.2, 0.25) is 0 Å². The standard InChI is InChI=1S/C32H28O2S2/c1-19(33)35-15-13-21-9-5-11-25-29(21)31-26-12-6-10-22(14-16-36-20(2)34)30(26)32(25)28-18-24-8-4-3-7-23(24)17-27(28)31/h3-12,17-18,31-32H,13-16H2,1-2H3. The van der Waals surface area contributed by atoms with Crippen molar-refractivity contribution in [3.8, 4) is 0 Å². The number of carbonyl (C=O) groups is 2. The van der Waals surface area contributed by atoms with Gasteiger partial charge >= 0.3 is 0 Å². The largest absolute Gasteiger partial charge is 0.288 e. The van der Waals surface area contributed by atoms with Gasteiger partial charge in [-0.15, -0.1) is 0 Å². The lowest BCUT2D eigenvalue weighted by Crippen LogP contribution is -2.30. The van der Waals surface area contributed by atoms with Gasteiger partial charge in [-0.05, 0) is 80.3 Å². The third-order valence-corrected chi connectivity index (χ3v) is 9.22. The summed E-state index contributed by atoms with van der Waals surface area (Å²) in [7, 11) is 0. The first-order valence-corrected chi connectivity index (χ1v) is 14.5. The van der Waals surface area contributed by atoms with Crippen molar-refractivity contribution in [1.29, 1.82) is 0 Å². The minimum atomic E-state index is 0.177. The fraction of sp³-hybridized carbons (Fsp3) is 0.250. The number of aryl methyl sites for hydroxylation is 2. The number of benzene rings is 4. The van der Waals surface area contributed by atoms with Crippen molar-refractivity contribution >= 4 is 44.5 Å². The maximum atomic E-state index is 11.6. The van der Waals surface area contributed by atoms with Crippen molar-refractivity contribution in [2.45, 2.75) is 38.5 Å². The lowest BCUT2D eigenvalue weighted by Gasteiger charge is -2.44. The molecule has 0 saturated heterocycles. The summed E-state index contributed by atoms with van der Waals surface area (Å²) < 4.78 is 0. The molecule has 0 fully saturated rings. The van der Waals surface area contributed by atoms with Crippen LogP contribution in [0.15, 0.2) is 72.8 Å². The van der Waals surface area contributed by atoms with Gasteiger partial charge in [0.15, 0.2) is 10.2 Å². The Bertz CT molecular complexity index is 1410. The van der Waals surface area contributed by atoms with Crippen LogP contribution in [0.3, 0.4) is 0 Å². The predicted octanol–water partition coefficient (Wildman–Crippen LogP) is 7.47. The van der Waals surface area contributed by atoms with Gasteiger partial charge in [0.1, 0.15) is 0 Å². The molecular weight excluding hydrogens is 480 g/mol. The van der Waals surface area contributed by atoms with E-state index >= 15 is 0 Å². The van der Waals surface area contributed by atoms with E-state index in [9.17, 15) is 9.59 Å². The highest BCUT2D eigenvalue weighted by molar-refractivity contribution is 8.13.